The fourth-order valence-corrected chi connectivity index (χ4v) is 2.20. The lowest BCUT2D eigenvalue weighted by Gasteiger charge is -2.07. The van der Waals surface area contributed by atoms with Gasteiger partial charge in [0.25, 0.3) is 5.91 Å². The maximum atomic E-state index is 11.9. The first kappa shape index (κ1) is 15.6. The van der Waals surface area contributed by atoms with Crippen LogP contribution in [0.1, 0.15) is 5.56 Å². The van der Waals surface area contributed by atoms with Crippen molar-refractivity contribution < 1.29 is 9.53 Å². The minimum absolute atomic E-state index is 0.155. The van der Waals surface area contributed by atoms with Crippen molar-refractivity contribution in [2.75, 3.05) is 11.9 Å². The van der Waals surface area contributed by atoms with Crippen LogP contribution in [0.2, 0.25) is 10.0 Å². The zero-order valence-corrected chi connectivity index (χ0v) is 13.6. The minimum Gasteiger partial charge on any atom is -0.484 e. The molecule has 0 unspecified atom stereocenters. The van der Waals surface area contributed by atoms with Gasteiger partial charge in [-0.3, -0.25) is 10.1 Å². The Morgan fingerprint density at radius 2 is 2.13 bits per heavy atom. The standard InChI is InChI=1S/C15H12Cl2N4O2/c1-9-6-11(3-4-12(9)17)23-8-14(22)19-15-18-13-5-2-10(16)7-21(13)20-15/h2-7H,8H2,1H3,(H,19,20,22). The second-order valence-corrected chi connectivity index (χ2v) is 5.68. The molecule has 0 fully saturated rings. The van der Waals surface area contributed by atoms with Crippen molar-refractivity contribution in [3.05, 3.63) is 52.1 Å². The van der Waals surface area contributed by atoms with Gasteiger partial charge >= 0.3 is 0 Å². The summed E-state index contributed by atoms with van der Waals surface area (Å²) < 4.78 is 6.90. The van der Waals surface area contributed by atoms with E-state index in [1.165, 1.54) is 4.52 Å². The Balaban J connectivity index is 1.62. The van der Waals surface area contributed by atoms with Crippen LogP contribution in [-0.2, 0) is 4.79 Å². The quantitative estimate of drug-likeness (QED) is 0.783. The van der Waals surface area contributed by atoms with Crippen molar-refractivity contribution in [1.29, 1.82) is 0 Å². The van der Waals surface area contributed by atoms with Crippen LogP contribution in [-0.4, -0.2) is 27.1 Å². The van der Waals surface area contributed by atoms with Gasteiger partial charge in [-0.05, 0) is 42.8 Å². The monoisotopic (exact) mass is 350 g/mol. The number of fused-ring (bicyclic) bond motifs is 1. The smallest absolute Gasteiger partial charge is 0.264 e. The SMILES string of the molecule is Cc1cc(OCC(=O)Nc2nc3ccc(Cl)cn3n2)ccc1Cl. The van der Waals surface area contributed by atoms with Gasteiger partial charge in [0.2, 0.25) is 5.95 Å². The first-order valence-electron chi connectivity index (χ1n) is 6.72. The van der Waals surface area contributed by atoms with Crippen LogP contribution in [0, 0.1) is 6.92 Å². The second-order valence-electron chi connectivity index (χ2n) is 4.83. The van der Waals surface area contributed by atoms with E-state index in [0.29, 0.717) is 21.4 Å². The van der Waals surface area contributed by atoms with Gasteiger partial charge in [0.15, 0.2) is 12.3 Å². The Labute approximate surface area is 142 Å². The van der Waals surface area contributed by atoms with Crippen molar-refractivity contribution in [1.82, 2.24) is 14.6 Å². The number of amides is 1. The van der Waals surface area contributed by atoms with Gasteiger partial charge in [0, 0.05) is 11.2 Å². The van der Waals surface area contributed by atoms with Crippen LogP contribution >= 0.6 is 23.2 Å². The van der Waals surface area contributed by atoms with E-state index in [9.17, 15) is 4.79 Å². The summed E-state index contributed by atoms with van der Waals surface area (Å²) in [5.41, 5.74) is 1.46. The molecule has 6 nitrogen and oxygen atoms in total. The molecular formula is C15H12Cl2N4O2. The Kier molecular flexibility index (Phi) is 4.36. The van der Waals surface area contributed by atoms with Gasteiger partial charge in [0.1, 0.15) is 5.75 Å². The lowest BCUT2D eigenvalue weighted by Crippen LogP contribution is -2.20. The zero-order chi connectivity index (χ0) is 16.4. The number of rotatable bonds is 4. The van der Waals surface area contributed by atoms with Crippen molar-refractivity contribution in [2.24, 2.45) is 0 Å². The number of aromatic nitrogens is 3. The molecule has 0 saturated heterocycles. The van der Waals surface area contributed by atoms with E-state index in [0.717, 1.165) is 5.56 Å². The molecule has 3 aromatic rings. The van der Waals surface area contributed by atoms with E-state index < -0.39 is 0 Å². The third-order valence-corrected chi connectivity index (χ3v) is 3.69. The number of carbonyl (C=O) groups is 1. The molecule has 2 heterocycles. The number of carbonyl (C=O) groups excluding carboxylic acids is 1. The number of halogens is 2. The van der Waals surface area contributed by atoms with Gasteiger partial charge in [-0.1, -0.05) is 23.2 Å². The molecule has 0 spiro atoms. The van der Waals surface area contributed by atoms with Gasteiger partial charge in [-0.15, -0.1) is 5.10 Å². The van der Waals surface area contributed by atoms with Crippen molar-refractivity contribution in [2.45, 2.75) is 6.92 Å². The number of pyridine rings is 1. The Morgan fingerprint density at radius 3 is 2.91 bits per heavy atom. The van der Waals surface area contributed by atoms with Crippen molar-refractivity contribution in [3.8, 4) is 5.75 Å². The largest absolute Gasteiger partial charge is 0.484 e. The number of aryl methyl sites for hydroxylation is 1. The predicted octanol–water partition coefficient (Wildman–Crippen LogP) is 3.36. The highest BCUT2D eigenvalue weighted by Gasteiger charge is 2.09. The van der Waals surface area contributed by atoms with E-state index in [2.05, 4.69) is 15.4 Å². The van der Waals surface area contributed by atoms with Gasteiger partial charge in [0.05, 0.1) is 5.02 Å². The molecule has 2 aromatic heterocycles. The predicted molar refractivity (Wildman–Crippen MR) is 88.3 cm³/mol. The summed E-state index contributed by atoms with van der Waals surface area (Å²) in [5.74, 6) is 0.393. The number of hydrogen-bond donors (Lipinski definition) is 1. The maximum Gasteiger partial charge on any atom is 0.264 e. The number of nitrogens with one attached hydrogen (secondary N) is 1. The summed E-state index contributed by atoms with van der Waals surface area (Å²) >= 11 is 11.8. The third kappa shape index (κ3) is 3.72. The van der Waals surface area contributed by atoms with Crippen molar-refractivity contribution >= 4 is 40.7 Å². The summed E-state index contributed by atoms with van der Waals surface area (Å²) in [6.45, 7) is 1.71. The van der Waals surface area contributed by atoms with Crippen LogP contribution < -0.4 is 10.1 Å². The van der Waals surface area contributed by atoms with Crippen LogP contribution in [0.25, 0.3) is 5.65 Å². The summed E-state index contributed by atoms with van der Waals surface area (Å²) in [6.07, 6.45) is 1.60. The van der Waals surface area contributed by atoms with E-state index in [1.54, 1.807) is 36.5 Å². The minimum atomic E-state index is -0.361. The first-order valence-corrected chi connectivity index (χ1v) is 7.47. The van der Waals surface area contributed by atoms with E-state index in [4.69, 9.17) is 27.9 Å². The summed E-state index contributed by atoms with van der Waals surface area (Å²) in [5, 5.41) is 7.86. The van der Waals surface area contributed by atoms with E-state index >= 15 is 0 Å². The molecule has 0 aliphatic heterocycles. The molecule has 23 heavy (non-hydrogen) atoms. The lowest BCUT2D eigenvalue weighted by molar-refractivity contribution is -0.118. The van der Waals surface area contributed by atoms with Gasteiger partial charge < -0.3 is 4.74 Å². The van der Waals surface area contributed by atoms with E-state index in [-0.39, 0.29) is 18.5 Å². The van der Waals surface area contributed by atoms with E-state index in [1.807, 2.05) is 6.92 Å². The lowest BCUT2D eigenvalue weighted by atomic mass is 10.2. The van der Waals surface area contributed by atoms with Crippen LogP contribution in [0.3, 0.4) is 0 Å². The zero-order valence-electron chi connectivity index (χ0n) is 12.1. The molecule has 0 aliphatic rings. The highest BCUT2D eigenvalue weighted by atomic mass is 35.5. The molecule has 1 N–H and O–H groups in total. The molecule has 0 saturated carbocycles. The first-order chi connectivity index (χ1) is 11.0. The van der Waals surface area contributed by atoms with Gasteiger partial charge in [-0.2, -0.15) is 4.98 Å². The Bertz CT molecular complexity index is 879. The summed E-state index contributed by atoms with van der Waals surface area (Å²) in [4.78, 5) is 16.1. The molecule has 118 valence electrons. The molecule has 8 heteroatoms. The molecule has 3 rings (SSSR count). The topological polar surface area (TPSA) is 68.5 Å². The van der Waals surface area contributed by atoms with Crippen molar-refractivity contribution in [3.63, 3.8) is 0 Å². The number of hydrogen-bond acceptors (Lipinski definition) is 4. The van der Waals surface area contributed by atoms with Crippen LogP contribution in [0.4, 0.5) is 5.95 Å². The molecular weight excluding hydrogens is 339 g/mol. The second kappa shape index (κ2) is 6.44. The molecule has 0 bridgehead atoms. The third-order valence-electron chi connectivity index (χ3n) is 3.05. The highest BCUT2D eigenvalue weighted by molar-refractivity contribution is 6.31. The number of anilines is 1. The van der Waals surface area contributed by atoms with Gasteiger partial charge in [-0.25, -0.2) is 4.52 Å². The molecule has 1 aromatic carbocycles. The number of nitrogens with zero attached hydrogens (tertiary/aromatic N) is 3. The molecule has 0 atom stereocenters. The fraction of sp³-hybridized carbons (Fsp3) is 0.133. The average molecular weight is 351 g/mol. The molecule has 0 radical (unpaired) electrons. The van der Waals surface area contributed by atoms with Crippen LogP contribution in [0.15, 0.2) is 36.5 Å². The number of benzene rings is 1. The molecule has 0 aliphatic carbocycles. The maximum absolute atomic E-state index is 11.9. The number of ether oxygens (including phenoxy) is 1. The average Bonchev–Trinajstić information content (AvgIpc) is 2.89. The Hall–Kier alpha value is -2.31. The fourth-order valence-electron chi connectivity index (χ4n) is 1.93. The Morgan fingerprint density at radius 1 is 1.30 bits per heavy atom. The summed E-state index contributed by atoms with van der Waals surface area (Å²) in [7, 11) is 0. The summed E-state index contributed by atoms with van der Waals surface area (Å²) in [6, 6.07) is 8.59. The molecule has 1 amide bonds. The van der Waals surface area contributed by atoms with Crippen LogP contribution in [0.5, 0.6) is 5.75 Å². The normalized spacial score (nSPS) is 10.7. The highest BCUT2D eigenvalue weighted by Crippen LogP contribution is 2.21.